The molecule has 8 heavy (non-hydrogen) atoms. The first-order chi connectivity index (χ1) is 3.93. The molecule has 0 radical (unpaired) electrons. The van der Waals surface area contributed by atoms with Gasteiger partial charge in [0.2, 0.25) is 0 Å². The molecule has 2 nitrogen and oxygen atoms in total. The molecule has 0 aromatic rings. The second-order valence-corrected chi connectivity index (χ2v) is 1.54. The van der Waals surface area contributed by atoms with Crippen LogP contribution in [-0.4, -0.2) is 11.4 Å². The minimum Gasteiger partial charge on any atom is -0.470 e. The van der Waals surface area contributed by atoms with Gasteiger partial charge < -0.3 is 9.64 Å². The molecule has 1 heterocycles. The third-order valence-electron chi connectivity index (χ3n) is 1.03. The molecular formula is C6H9NO. The van der Waals surface area contributed by atoms with Gasteiger partial charge in [0.1, 0.15) is 12.5 Å². The number of rotatable bonds is 1. The van der Waals surface area contributed by atoms with Crippen LogP contribution in [0.2, 0.25) is 0 Å². The van der Waals surface area contributed by atoms with Gasteiger partial charge >= 0.3 is 0 Å². The standard InChI is InChI=1S/C6H9NO/c1-2-7-3-5-8-6-4-7/h3-6H,2H2,1H3. The van der Waals surface area contributed by atoms with E-state index in [1.165, 1.54) is 0 Å². The van der Waals surface area contributed by atoms with Gasteiger partial charge in [-0.1, -0.05) is 0 Å². The van der Waals surface area contributed by atoms with Gasteiger partial charge in [-0.25, -0.2) is 0 Å². The van der Waals surface area contributed by atoms with Crippen LogP contribution in [0.1, 0.15) is 6.92 Å². The molecule has 0 saturated heterocycles. The Balaban J connectivity index is 2.42. The van der Waals surface area contributed by atoms with Crippen LogP contribution < -0.4 is 0 Å². The summed E-state index contributed by atoms with van der Waals surface area (Å²) in [6, 6.07) is 0. The van der Waals surface area contributed by atoms with Gasteiger partial charge in [0.15, 0.2) is 0 Å². The topological polar surface area (TPSA) is 12.5 Å². The van der Waals surface area contributed by atoms with E-state index < -0.39 is 0 Å². The lowest BCUT2D eigenvalue weighted by molar-refractivity contribution is 0.349. The van der Waals surface area contributed by atoms with Crippen LogP contribution in [0.4, 0.5) is 0 Å². The first kappa shape index (κ1) is 5.22. The Morgan fingerprint density at radius 3 is 2.38 bits per heavy atom. The van der Waals surface area contributed by atoms with Crippen LogP contribution in [0.5, 0.6) is 0 Å². The fourth-order valence-electron chi connectivity index (χ4n) is 0.532. The molecule has 0 bridgehead atoms. The predicted molar refractivity (Wildman–Crippen MR) is 31.7 cm³/mol. The van der Waals surface area contributed by atoms with Crippen molar-refractivity contribution in [1.29, 1.82) is 0 Å². The highest BCUT2D eigenvalue weighted by atomic mass is 16.5. The highest BCUT2D eigenvalue weighted by Gasteiger charge is 1.90. The molecule has 1 aliphatic heterocycles. The van der Waals surface area contributed by atoms with Crippen molar-refractivity contribution in [2.45, 2.75) is 6.92 Å². The van der Waals surface area contributed by atoms with Gasteiger partial charge in [0.05, 0.1) is 0 Å². The van der Waals surface area contributed by atoms with Crippen LogP contribution in [0.25, 0.3) is 0 Å². The zero-order valence-corrected chi connectivity index (χ0v) is 4.87. The van der Waals surface area contributed by atoms with Gasteiger partial charge in [0.25, 0.3) is 0 Å². The van der Waals surface area contributed by atoms with E-state index in [-0.39, 0.29) is 0 Å². The van der Waals surface area contributed by atoms with Crippen LogP contribution in [0, 0.1) is 0 Å². The molecule has 0 atom stereocenters. The van der Waals surface area contributed by atoms with Gasteiger partial charge in [-0.2, -0.15) is 0 Å². The molecule has 0 saturated carbocycles. The molecule has 0 N–H and O–H groups in total. The summed E-state index contributed by atoms with van der Waals surface area (Å²) < 4.78 is 4.80. The monoisotopic (exact) mass is 111 g/mol. The van der Waals surface area contributed by atoms with Crippen molar-refractivity contribution in [1.82, 2.24) is 4.90 Å². The molecule has 0 aromatic heterocycles. The van der Waals surface area contributed by atoms with E-state index in [0.29, 0.717) is 0 Å². The van der Waals surface area contributed by atoms with Crippen LogP contribution >= 0.6 is 0 Å². The van der Waals surface area contributed by atoms with E-state index >= 15 is 0 Å². The largest absolute Gasteiger partial charge is 0.470 e. The minimum atomic E-state index is 0.996. The fourth-order valence-corrected chi connectivity index (χ4v) is 0.532. The second kappa shape index (κ2) is 2.40. The highest BCUT2D eigenvalue weighted by molar-refractivity contribution is 4.90. The van der Waals surface area contributed by atoms with Gasteiger partial charge in [-0.3, -0.25) is 0 Å². The Bertz CT molecular complexity index is 106. The summed E-state index contributed by atoms with van der Waals surface area (Å²) in [5.74, 6) is 0. The van der Waals surface area contributed by atoms with Crippen molar-refractivity contribution >= 4 is 0 Å². The number of ether oxygens (including phenoxy) is 1. The minimum absolute atomic E-state index is 0.996. The normalized spacial score (nSPS) is 16.4. The van der Waals surface area contributed by atoms with Gasteiger partial charge in [-0.15, -0.1) is 0 Å². The molecule has 44 valence electrons. The highest BCUT2D eigenvalue weighted by Crippen LogP contribution is 1.97. The Kier molecular flexibility index (Phi) is 1.57. The first-order valence-corrected chi connectivity index (χ1v) is 2.68. The van der Waals surface area contributed by atoms with Crippen molar-refractivity contribution in [3.63, 3.8) is 0 Å². The summed E-state index contributed by atoms with van der Waals surface area (Å²) >= 11 is 0. The van der Waals surface area contributed by atoms with Crippen molar-refractivity contribution in [2.24, 2.45) is 0 Å². The molecule has 0 aliphatic carbocycles. The van der Waals surface area contributed by atoms with Gasteiger partial charge in [-0.05, 0) is 6.92 Å². The van der Waals surface area contributed by atoms with E-state index in [9.17, 15) is 0 Å². The van der Waals surface area contributed by atoms with Gasteiger partial charge in [0, 0.05) is 18.9 Å². The van der Waals surface area contributed by atoms with E-state index in [2.05, 4.69) is 6.92 Å². The Labute approximate surface area is 49.1 Å². The molecule has 0 amide bonds. The lowest BCUT2D eigenvalue weighted by Crippen LogP contribution is -2.09. The van der Waals surface area contributed by atoms with E-state index in [0.717, 1.165) is 6.54 Å². The number of hydrogen-bond acceptors (Lipinski definition) is 2. The van der Waals surface area contributed by atoms with Crippen molar-refractivity contribution < 1.29 is 4.74 Å². The molecular weight excluding hydrogens is 102 g/mol. The lowest BCUT2D eigenvalue weighted by atomic mass is 10.6. The number of nitrogens with zero attached hydrogens (tertiary/aromatic N) is 1. The van der Waals surface area contributed by atoms with Crippen molar-refractivity contribution in [3.05, 3.63) is 24.9 Å². The quantitative estimate of drug-likeness (QED) is 0.505. The first-order valence-electron chi connectivity index (χ1n) is 2.68. The summed E-state index contributed by atoms with van der Waals surface area (Å²) in [6.07, 6.45) is 7.09. The lowest BCUT2D eigenvalue weighted by Gasteiger charge is -2.13. The maximum Gasteiger partial charge on any atom is 0.106 e. The molecule has 0 fully saturated rings. The molecule has 0 unspecified atom stereocenters. The zero-order chi connectivity index (χ0) is 5.82. The van der Waals surface area contributed by atoms with E-state index in [1.807, 2.05) is 17.3 Å². The summed E-state index contributed by atoms with van der Waals surface area (Å²) in [5, 5.41) is 0. The van der Waals surface area contributed by atoms with Crippen LogP contribution in [0.3, 0.4) is 0 Å². The molecule has 2 heteroatoms. The molecule has 1 rings (SSSR count). The summed E-state index contributed by atoms with van der Waals surface area (Å²) in [6.45, 7) is 3.08. The maximum absolute atomic E-state index is 4.80. The molecule has 1 aliphatic rings. The Morgan fingerprint density at radius 2 is 2.00 bits per heavy atom. The van der Waals surface area contributed by atoms with E-state index in [4.69, 9.17) is 4.74 Å². The average molecular weight is 111 g/mol. The van der Waals surface area contributed by atoms with E-state index in [1.54, 1.807) is 12.5 Å². The fraction of sp³-hybridized carbons (Fsp3) is 0.333. The van der Waals surface area contributed by atoms with Crippen LogP contribution in [-0.2, 0) is 4.74 Å². The Morgan fingerprint density at radius 1 is 1.38 bits per heavy atom. The smallest absolute Gasteiger partial charge is 0.106 e. The summed E-state index contributed by atoms with van der Waals surface area (Å²) in [5.41, 5.74) is 0. The maximum atomic E-state index is 4.80. The number of hydrogen-bond donors (Lipinski definition) is 0. The van der Waals surface area contributed by atoms with Crippen LogP contribution in [0.15, 0.2) is 24.9 Å². The van der Waals surface area contributed by atoms with Crippen molar-refractivity contribution in [2.75, 3.05) is 6.54 Å². The second-order valence-electron chi connectivity index (χ2n) is 1.54. The van der Waals surface area contributed by atoms with Crippen molar-refractivity contribution in [3.8, 4) is 0 Å². The summed E-state index contributed by atoms with van der Waals surface area (Å²) in [4.78, 5) is 2.03. The third-order valence-corrected chi connectivity index (χ3v) is 1.03. The predicted octanol–water partition coefficient (Wildman–Crippen LogP) is 1.28. The molecule has 0 aromatic carbocycles. The molecule has 0 spiro atoms. The Hall–Kier alpha value is -0.920. The average Bonchev–Trinajstić information content (AvgIpc) is 1.90. The third kappa shape index (κ3) is 1.03. The summed E-state index contributed by atoms with van der Waals surface area (Å²) in [7, 11) is 0. The zero-order valence-electron chi connectivity index (χ0n) is 4.87. The SMILES string of the molecule is CCN1C=COC=C1.